The quantitative estimate of drug-likeness (QED) is 0.803. The van der Waals surface area contributed by atoms with Crippen LogP contribution in [0, 0.1) is 5.92 Å². The molecular weight excluding hydrogens is 254 g/mol. The van der Waals surface area contributed by atoms with E-state index in [-0.39, 0.29) is 18.6 Å². The SMILES string of the molecule is CC(CC1CC1)NC(=O)C(C)Oc1cccc(CO)c1. The van der Waals surface area contributed by atoms with Gasteiger partial charge in [-0.3, -0.25) is 4.79 Å². The second-order valence-electron chi connectivity index (χ2n) is 5.65. The highest BCUT2D eigenvalue weighted by atomic mass is 16.5. The number of carbonyl (C=O) groups is 1. The van der Waals surface area contributed by atoms with Crippen LogP contribution >= 0.6 is 0 Å². The Bertz CT molecular complexity index is 457. The maximum atomic E-state index is 12.0. The number of benzene rings is 1. The molecule has 1 aliphatic carbocycles. The van der Waals surface area contributed by atoms with Crippen LogP contribution in [0.4, 0.5) is 0 Å². The summed E-state index contributed by atoms with van der Waals surface area (Å²) in [4.78, 5) is 12.0. The number of ether oxygens (including phenoxy) is 1. The van der Waals surface area contributed by atoms with E-state index >= 15 is 0 Å². The fraction of sp³-hybridized carbons (Fsp3) is 0.562. The molecule has 2 N–H and O–H groups in total. The Morgan fingerprint density at radius 3 is 2.85 bits per heavy atom. The van der Waals surface area contributed by atoms with Gasteiger partial charge in [-0.05, 0) is 43.9 Å². The first-order valence-electron chi connectivity index (χ1n) is 7.25. The predicted octanol–water partition coefficient (Wildman–Crippen LogP) is 2.25. The second-order valence-corrected chi connectivity index (χ2v) is 5.65. The fourth-order valence-corrected chi connectivity index (χ4v) is 2.25. The largest absolute Gasteiger partial charge is 0.481 e. The van der Waals surface area contributed by atoms with Crippen molar-refractivity contribution in [1.29, 1.82) is 0 Å². The lowest BCUT2D eigenvalue weighted by Gasteiger charge is -2.18. The van der Waals surface area contributed by atoms with E-state index in [9.17, 15) is 4.79 Å². The van der Waals surface area contributed by atoms with Crippen molar-refractivity contribution in [3.8, 4) is 5.75 Å². The Balaban J connectivity index is 1.82. The van der Waals surface area contributed by atoms with Crippen LogP contribution in [-0.4, -0.2) is 23.2 Å². The van der Waals surface area contributed by atoms with E-state index in [1.54, 1.807) is 25.1 Å². The molecule has 0 spiro atoms. The van der Waals surface area contributed by atoms with Crippen molar-refractivity contribution in [3.63, 3.8) is 0 Å². The molecule has 1 aromatic carbocycles. The van der Waals surface area contributed by atoms with Crippen LogP contribution in [0.1, 0.15) is 38.7 Å². The molecule has 1 aliphatic rings. The van der Waals surface area contributed by atoms with Crippen LogP contribution in [0.25, 0.3) is 0 Å². The highest BCUT2D eigenvalue weighted by Crippen LogP contribution is 2.33. The second kappa shape index (κ2) is 6.75. The van der Waals surface area contributed by atoms with Gasteiger partial charge in [0, 0.05) is 6.04 Å². The molecule has 0 heterocycles. The molecule has 1 amide bonds. The van der Waals surface area contributed by atoms with Crippen molar-refractivity contribution < 1.29 is 14.6 Å². The summed E-state index contributed by atoms with van der Waals surface area (Å²) in [6, 6.07) is 7.36. The number of aliphatic hydroxyl groups is 1. The van der Waals surface area contributed by atoms with E-state index in [0.29, 0.717) is 5.75 Å². The van der Waals surface area contributed by atoms with Gasteiger partial charge in [0.2, 0.25) is 0 Å². The topological polar surface area (TPSA) is 58.6 Å². The summed E-state index contributed by atoms with van der Waals surface area (Å²) in [5.74, 6) is 1.31. The van der Waals surface area contributed by atoms with Gasteiger partial charge >= 0.3 is 0 Å². The lowest BCUT2D eigenvalue weighted by atomic mass is 10.1. The Morgan fingerprint density at radius 2 is 2.20 bits per heavy atom. The Morgan fingerprint density at radius 1 is 1.45 bits per heavy atom. The Labute approximate surface area is 120 Å². The van der Waals surface area contributed by atoms with Gasteiger partial charge in [-0.15, -0.1) is 0 Å². The Kier molecular flexibility index (Phi) is 5.01. The molecule has 2 atom stereocenters. The van der Waals surface area contributed by atoms with Gasteiger partial charge in [0.25, 0.3) is 5.91 Å². The lowest BCUT2D eigenvalue weighted by Crippen LogP contribution is -2.41. The van der Waals surface area contributed by atoms with Gasteiger partial charge in [-0.2, -0.15) is 0 Å². The highest BCUT2D eigenvalue weighted by molar-refractivity contribution is 5.80. The van der Waals surface area contributed by atoms with Crippen molar-refractivity contribution in [3.05, 3.63) is 29.8 Å². The van der Waals surface area contributed by atoms with Gasteiger partial charge in [0.1, 0.15) is 5.75 Å². The third kappa shape index (κ3) is 4.53. The average molecular weight is 277 g/mol. The molecule has 2 unspecified atom stereocenters. The fourth-order valence-electron chi connectivity index (χ4n) is 2.25. The average Bonchev–Trinajstić information content (AvgIpc) is 3.22. The van der Waals surface area contributed by atoms with Crippen LogP contribution in [0.2, 0.25) is 0 Å². The molecule has 0 saturated heterocycles. The third-order valence-corrected chi connectivity index (χ3v) is 3.54. The monoisotopic (exact) mass is 277 g/mol. The molecule has 0 aliphatic heterocycles. The minimum absolute atomic E-state index is 0.0315. The minimum atomic E-state index is -0.536. The van der Waals surface area contributed by atoms with Gasteiger partial charge in [0.15, 0.2) is 6.10 Å². The minimum Gasteiger partial charge on any atom is -0.481 e. The van der Waals surface area contributed by atoms with Crippen LogP contribution in [-0.2, 0) is 11.4 Å². The van der Waals surface area contributed by atoms with E-state index in [1.165, 1.54) is 12.8 Å². The van der Waals surface area contributed by atoms with E-state index < -0.39 is 6.10 Å². The zero-order valence-electron chi connectivity index (χ0n) is 12.1. The van der Waals surface area contributed by atoms with Crippen LogP contribution in [0.3, 0.4) is 0 Å². The number of rotatable bonds is 7. The summed E-state index contributed by atoms with van der Waals surface area (Å²) in [6.07, 6.45) is 3.10. The summed E-state index contributed by atoms with van der Waals surface area (Å²) in [5.41, 5.74) is 0.775. The maximum Gasteiger partial charge on any atom is 0.260 e. The van der Waals surface area contributed by atoms with Crippen molar-refractivity contribution in [2.45, 2.75) is 51.9 Å². The summed E-state index contributed by atoms with van der Waals surface area (Å²) < 4.78 is 5.62. The van der Waals surface area contributed by atoms with E-state index in [4.69, 9.17) is 9.84 Å². The molecule has 4 heteroatoms. The standard InChI is InChI=1S/C16H23NO3/c1-11(8-13-6-7-13)17-16(19)12(2)20-15-5-3-4-14(9-15)10-18/h3-5,9,11-13,18H,6-8,10H2,1-2H3,(H,17,19). The van der Waals surface area contributed by atoms with E-state index in [1.807, 2.05) is 13.0 Å². The van der Waals surface area contributed by atoms with Crippen molar-refractivity contribution in [2.75, 3.05) is 0 Å². The third-order valence-electron chi connectivity index (χ3n) is 3.54. The zero-order valence-corrected chi connectivity index (χ0v) is 12.1. The lowest BCUT2D eigenvalue weighted by molar-refractivity contribution is -0.127. The normalized spacial score (nSPS) is 17.4. The predicted molar refractivity (Wildman–Crippen MR) is 77.4 cm³/mol. The van der Waals surface area contributed by atoms with Gasteiger partial charge in [-0.1, -0.05) is 25.0 Å². The number of nitrogens with one attached hydrogen (secondary N) is 1. The highest BCUT2D eigenvalue weighted by Gasteiger charge is 2.25. The van der Waals surface area contributed by atoms with E-state index in [0.717, 1.165) is 17.9 Å². The first-order chi connectivity index (χ1) is 9.58. The van der Waals surface area contributed by atoms with Gasteiger partial charge < -0.3 is 15.2 Å². The Hall–Kier alpha value is -1.55. The molecule has 110 valence electrons. The number of aliphatic hydroxyl groups excluding tert-OH is 1. The maximum absolute atomic E-state index is 12.0. The van der Waals surface area contributed by atoms with Crippen LogP contribution < -0.4 is 10.1 Å². The molecule has 0 aromatic heterocycles. The number of hydrogen-bond acceptors (Lipinski definition) is 3. The van der Waals surface area contributed by atoms with Crippen molar-refractivity contribution in [2.24, 2.45) is 5.92 Å². The molecule has 1 aromatic rings. The molecule has 1 fully saturated rings. The summed E-state index contributed by atoms with van der Waals surface area (Å²) in [6.45, 7) is 3.75. The first-order valence-corrected chi connectivity index (χ1v) is 7.25. The number of carbonyl (C=O) groups excluding carboxylic acids is 1. The van der Waals surface area contributed by atoms with Crippen molar-refractivity contribution >= 4 is 5.91 Å². The molecule has 2 rings (SSSR count). The molecule has 0 radical (unpaired) electrons. The summed E-state index contributed by atoms with van der Waals surface area (Å²) in [5, 5.41) is 12.1. The molecule has 1 saturated carbocycles. The molecule has 4 nitrogen and oxygen atoms in total. The smallest absolute Gasteiger partial charge is 0.260 e. The van der Waals surface area contributed by atoms with Crippen molar-refractivity contribution in [1.82, 2.24) is 5.32 Å². The number of amides is 1. The zero-order chi connectivity index (χ0) is 14.5. The van der Waals surface area contributed by atoms with E-state index in [2.05, 4.69) is 5.32 Å². The molecule has 20 heavy (non-hydrogen) atoms. The van der Waals surface area contributed by atoms with Crippen LogP contribution in [0.5, 0.6) is 5.75 Å². The van der Waals surface area contributed by atoms with Crippen LogP contribution in [0.15, 0.2) is 24.3 Å². The van der Waals surface area contributed by atoms with Gasteiger partial charge in [0.05, 0.1) is 6.61 Å². The summed E-state index contributed by atoms with van der Waals surface area (Å²) >= 11 is 0. The number of hydrogen-bond donors (Lipinski definition) is 2. The molecular formula is C16H23NO3. The summed E-state index contributed by atoms with van der Waals surface area (Å²) in [7, 11) is 0. The first kappa shape index (κ1) is 14.9. The van der Waals surface area contributed by atoms with Gasteiger partial charge in [-0.25, -0.2) is 0 Å². The molecule has 0 bridgehead atoms.